The van der Waals surface area contributed by atoms with Gasteiger partial charge in [-0.15, -0.1) is 0 Å². The van der Waals surface area contributed by atoms with Gasteiger partial charge in [0.25, 0.3) is 0 Å². The summed E-state index contributed by atoms with van der Waals surface area (Å²) >= 11 is 8.76. The van der Waals surface area contributed by atoms with E-state index < -0.39 is 0 Å². The van der Waals surface area contributed by atoms with Crippen molar-refractivity contribution in [1.29, 1.82) is 0 Å². The van der Waals surface area contributed by atoms with Crippen LogP contribution in [-0.2, 0) is 0 Å². The lowest BCUT2D eigenvalue weighted by Crippen LogP contribution is -2.79. The molecule has 0 aromatic heterocycles. The summed E-state index contributed by atoms with van der Waals surface area (Å²) in [5.74, 6) is 0.690. The van der Waals surface area contributed by atoms with Crippen LogP contribution >= 0.6 is 27.5 Å². The van der Waals surface area contributed by atoms with Crippen LogP contribution in [0, 0.1) is 0 Å². The molecule has 1 heterocycles. The zero-order valence-electron chi connectivity index (χ0n) is 3.99. The van der Waals surface area contributed by atoms with Gasteiger partial charge in [-0.05, 0) is 27.5 Å². The number of nitrogens with two attached hydrogens (primary N) is 2. The van der Waals surface area contributed by atoms with Gasteiger partial charge >= 0.3 is 0 Å². The van der Waals surface area contributed by atoms with E-state index in [9.17, 15) is 0 Å². The van der Waals surface area contributed by atoms with Crippen molar-refractivity contribution in [2.45, 2.75) is 0 Å². The molecule has 44 valence electrons. The summed E-state index contributed by atoms with van der Waals surface area (Å²) in [6, 6.07) is 0. The Bertz CT molecular complexity index is 173. The lowest BCUT2D eigenvalue weighted by atomic mass is 10.6. The molecule has 0 unspecified atom stereocenters. The van der Waals surface area contributed by atoms with Gasteiger partial charge in [-0.2, -0.15) is 0 Å². The van der Waals surface area contributed by atoms with Gasteiger partial charge in [0, 0.05) is 6.08 Å². The number of rotatable bonds is 0. The summed E-state index contributed by atoms with van der Waals surface area (Å²) in [5, 5.41) is 2.38. The maximum atomic E-state index is 5.56. The largest absolute Gasteiger partial charge is 0.354 e. The Morgan fingerprint density at radius 3 is 2.50 bits per heavy atom. The van der Waals surface area contributed by atoms with Gasteiger partial charge < -0.3 is 5.73 Å². The minimum Gasteiger partial charge on any atom is -0.354 e. The van der Waals surface area contributed by atoms with Crippen molar-refractivity contribution in [3.63, 3.8) is 0 Å². The van der Waals surface area contributed by atoms with Gasteiger partial charge in [0.05, 0.1) is 0 Å². The second-order valence-corrected chi connectivity index (χ2v) is 2.77. The molecule has 0 aromatic rings. The van der Waals surface area contributed by atoms with Gasteiger partial charge in [-0.1, -0.05) is 0 Å². The Hall–Kier alpha value is 0.01000. The van der Waals surface area contributed by atoms with Crippen LogP contribution in [0.3, 0.4) is 0 Å². The van der Waals surface area contributed by atoms with Crippen LogP contribution in [0.25, 0.3) is 0 Å². The number of hydrogen-bond acceptors (Lipinski definition) is 1. The molecule has 0 atom stereocenters. The zero-order chi connectivity index (χ0) is 6.15. The highest BCUT2D eigenvalue weighted by molar-refractivity contribution is 9.11. The first-order valence-corrected chi connectivity index (χ1v) is 3.24. The smallest absolute Gasteiger partial charge is 0.216 e. The molecule has 0 aromatic carbocycles. The van der Waals surface area contributed by atoms with E-state index in [4.69, 9.17) is 17.3 Å². The lowest BCUT2D eigenvalue weighted by molar-refractivity contribution is -0.541. The van der Waals surface area contributed by atoms with Crippen LogP contribution in [0.4, 0.5) is 0 Å². The fraction of sp³-hybridized carbons (Fsp3) is 0. The molecule has 4 heteroatoms. The zero-order valence-corrected chi connectivity index (χ0v) is 6.33. The van der Waals surface area contributed by atoms with Gasteiger partial charge in [0.2, 0.25) is 11.0 Å². The molecule has 0 amide bonds. The molecule has 0 saturated heterocycles. The summed E-state index contributed by atoms with van der Waals surface area (Å²) in [4.78, 5) is 0. The quantitative estimate of drug-likeness (QED) is 0.533. The molecule has 0 fully saturated rings. The molecule has 1 aliphatic rings. The van der Waals surface area contributed by atoms with Crippen molar-refractivity contribution < 1.29 is 5.32 Å². The molecule has 0 bridgehead atoms. The van der Waals surface area contributed by atoms with Crippen molar-refractivity contribution in [2.75, 3.05) is 0 Å². The van der Waals surface area contributed by atoms with Gasteiger partial charge in [-0.3, -0.25) is 5.32 Å². The molecule has 8 heavy (non-hydrogen) atoms. The predicted octanol–water partition coefficient (Wildman–Crippen LogP) is 0.166. The van der Waals surface area contributed by atoms with Gasteiger partial charge in [0.15, 0.2) is 0 Å². The summed E-state index contributed by atoms with van der Waals surface area (Å²) in [6.45, 7) is 0. The molecular formula is C4H5BrClN2+. The lowest BCUT2D eigenvalue weighted by Gasteiger charge is -1.86. The minimum atomic E-state index is 0.675. The molecular weight excluding hydrogens is 191 g/mol. The highest BCUT2D eigenvalue weighted by Gasteiger charge is 2.12. The Morgan fingerprint density at radius 1 is 1.75 bits per heavy atom. The molecule has 2 nitrogen and oxygen atoms in total. The third kappa shape index (κ3) is 1.05. The monoisotopic (exact) mass is 195 g/mol. The topological polar surface area (TPSA) is 42.6 Å². The average molecular weight is 196 g/mol. The number of halogens is 2. The number of hydrogen-bond donors (Lipinski definition) is 2. The number of allylic oxidation sites excluding steroid dienone is 2. The van der Waals surface area contributed by atoms with Gasteiger partial charge in [0.1, 0.15) is 4.48 Å². The van der Waals surface area contributed by atoms with E-state index in [1.807, 2.05) is 0 Å². The first kappa shape index (κ1) is 6.13. The molecule has 0 saturated carbocycles. The summed E-state index contributed by atoms with van der Waals surface area (Å²) in [6.07, 6.45) is 1.76. The second-order valence-electron chi connectivity index (χ2n) is 1.48. The first-order valence-electron chi connectivity index (χ1n) is 2.07. The van der Waals surface area contributed by atoms with E-state index >= 15 is 0 Å². The van der Waals surface area contributed by atoms with E-state index in [2.05, 4.69) is 15.9 Å². The van der Waals surface area contributed by atoms with Gasteiger partial charge in [-0.25, -0.2) is 0 Å². The molecule has 0 radical (unpaired) electrons. The molecule has 0 aliphatic carbocycles. The highest BCUT2D eigenvalue weighted by Crippen LogP contribution is 2.13. The van der Waals surface area contributed by atoms with Crippen molar-refractivity contribution >= 4 is 27.5 Å². The molecule has 1 rings (SSSR count). The molecule has 1 aliphatic heterocycles. The maximum Gasteiger partial charge on any atom is 0.216 e. The average Bonchev–Trinajstić information content (AvgIpc) is 1.85. The molecule has 4 N–H and O–H groups in total. The van der Waals surface area contributed by atoms with Crippen molar-refractivity contribution in [2.24, 2.45) is 5.73 Å². The predicted molar refractivity (Wildman–Crippen MR) is 36.0 cm³/mol. The van der Waals surface area contributed by atoms with Crippen LogP contribution in [0.1, 0.15) is 0 Å². The maximum absolute atomic E-state index is 5.56. The van der Waals surface area contributed by atoms with E-state index in [1.54, 1.807) is 11.4 Å². The van der Waals surface area contributed by atoms with Crippen LogP contribution in [0.5, 0.6) is 0 Å². The summed E-state index contributed by atoms with van der Waals surface area (Å²) in [7, 11) is 0. The van der Waals surface area contributed by atoms with Crippen molar-refractivity contribution in [3.8, 4) is 0 Å². The van der Waals surface area contributed by atoms with E-state index in [0.717, 1.165) is 4.48 Å². The summed E-state index contributed by atoms with van der Waals surface area (Å²) < 4.78 is 0.863. The van der Waals surface area contributed by atoms with E-state index in [0.29, 0.717) is 11.0 Å². The fourth-order valence-electron chi connectivity index (χ4n) is 0.464. The Morgan fingerprint density at radius 2 is 2.38 bits per heavy atom. The minimum absolute atomic E-state index is 0.675. The molecule has 0 spiro atoms. The normalized spacial score (nSPS) is 19.5. The Labute approximate surface area is 60.5 Å². The van der Waals surface area contributed by atoms with E-state index in [1.165, 1.54) is 0 Å². The van der Waals surface area contributed by atoms with Crippen molar-refractivity contribution in [1.82, 2.24) is 0 Å². The SMILES string of the molecule is NC1=C(Br)C=C(Cl)[NH2+]1. The summed E-state index contributed by atoms with van der Waals surface area (Å²) in [5.41, 5.74) is 5.41. The second kappa shape index (κ2) is 2.09. The standard InChI is InChI=1S/C4H4BrClN2/c5-2-1-3(6)8-4(2)7/h1,8H,7H2/p+1. The van der Waals surface area contributed by atoms with Crippen LogP contribution < -0.4 is 11.1 Å². The van der Waals surface area contributed by atoms with E-state index in [-0.39, 0.29) is 0 Å². The Balaban J connectivity index is 2.79. The Kier molecular flexibility index (Phi) is 1.60. The number of quaternary nitrogens is 1. The van der Waals surface area contributed by atoms with Crippen LogP contribution in [-0.4, -0.2) is 0 Å². The van der Waals surface area contributed by atoms with Crippen LogP contribution in [0.15, 0.2) is 21.5 Å². The van der Waals surface area contributed by atoms with Crippen LogP contribution in [0.2, 0.25) is 0 Å². The first-order chi connectivity index (χ1) is 3.70. The fourth-order valence-corrected chi connectivity index (χ4v) is 1.18. The highest BCUT2D eigenvalue weighted by atomic mass is 79.9. The third-order valence-electron chi connectivity index (χ3n) is 0.834. The third-order valence-corrected chi connectivity index (χ3v) is 1.74. The van der Waals surface area contributed by atoms with Crippen molar-refractivity contribution in [3.05, 3.63) is 21.5 Å².